The maximum absolute atomic E-state index is 11.2. The summed E-state index contributed by atoms with van der Waals surface area (Å²) in [6, 6.07) is 6.74. The lowest BCUT2D eigenvalue weighted by molar-refractivity contribution is -0.383. The van der Waals surface area contributed by atoms with E-state index in [1.165, 1.54) is 6.07 Å². The Morgan fingerprint density at radius 2 is 2.14 bits per heavy atom. The standard InChI is InChI=1S/C15H18N4O3/c20-19(21)14-3-1-2-12-15(14)13(4-5-16-12)17-6-7-18-8-10-22-11-9-18/h1-5H,6-11H2,(H,16,17). The zero-order valence-corrected chi connectivity index (χ0v) is 12.2. The number of anilines is 1. The summed E-state index contributed by atoms with van der Waals surface area (Å²) >= 11 is 0. The Labute approximate surface area is 128 Å². The van der Waals surface area contributed by atoms with Crippen LogP contribution in [0.2, 0.25) is 0 Å². The number of benzene rings is 1. The van der Waals surface area contributed by atoms with E-state index in [2.05, 4.69) is 15.2 Å². The Balaban J connectivity index is 1.76. The quantitative estimate of drug-likeness (QED) is 0.671. The second-order valence-corrected chi connectivity index (χ2v) is 5.17. The number of hydrogen-bond donors (Lipinski definition) is 1. The summed E-state index contributed by atoms with van der Waals surface area (Å²) in [5.74, 6) is 0. The molecule has 2 aromatic rings. The van der Waals surface area contributed by atoms with Gasteiger partial charge in [-0.25, -0.2) is 0 Å². The molecule has 0 unspecified atom stereocenters. The van der Waals surface area contributed by atoms with Gasteiger partial charge in [0, 0.05) is 38.4 Å². The highest BCUT2D eigenvalue weighted by Gasteiger charge is 2.16. The van der Waals surface area contributed by atoms with E-state index in [1.807, 2.05) is 0 Å². The van der Waals surface area contributed by atoms with E-state index in [0.29, 0.717) is 10.9 Å². The first-order valence-corrected chi connectivity index (χ1v) is 7.32. The van der Waals surface area contributed by atoms with Crippen LogP contribution in [-0.4, -0.2) is 54.2 Å². The fourth-order valence-electron chi connectivity index (χ4n) is 2.66. The molecule has 0 aliphatic carbocycles. The Hall–Kier alpha value is -2.25. The lowest BCUT2D eigenvalue weighted by Crippen LogP contribution is -2.39. The van der Waals surface area contributed by atoms with Gasteiger partial charge < -0.3 is 10.1 Å². The van der Waals surface area contributed by atoms with Crippen LogP contribution in [0.1, 0.15) is 0 Å². The van der Waals surface area contributed by atoms with Crippen molar-refractivity contribution in [1.29, 1.82) is 0 Å². The van der Waals surface area contributed by atoms with E-state index >= 15 is 0 Å². The van der Waals surface area contributed by atoms with E-state index < -0.39 is 0 Å². The molecule has 1 aromatic carbocycles. The lowest BCUT2D eigenvalue weighted by atomic mass is 10.1. The third-order valence-corrected chi connectivity index (χ3v) is 3.79. The van der Waals surface area contributed by atoms with Crippen LogP contribution in [0, 0.1) is 10.1 Å². The first kappa shape index (κ1) is 14.7. The van der Waals surface area contributed by atoms with Crippen molar-refractivity contribution in [2.75, 3.05) is 44.7 Å². The third-order valence-electron chi connectivity index (χ3n) is 3.79. The molecule has 0 bridgehead atoms. The van der Waals surface area contributed by atoms with Gasteiger partial charge in [-0.2, -0.15) is 0 Å². The Morgan fingerprint density at radius 3 is 2.91 bits per heavy atom. The summed E-state index contributed by atoms with van der Waals surface area (Å²) in [5, 5.41) is 15.1. The third kappa shape index (κ3) is 3.15. The monoisotopic (exact) mass is 302 g/mol. The molecule has 1 N–H and O–H groups in total. The van der Waals surface area contributed by atoms with E-state index in [0.717, 1.165) is 45.1 Å². The number of ether oxygens (including phenoxy) is 1. The van der Waals surface area contributed by atoms with Crippen molar-refractivity contribution in [2.24, 2.45) is 0 Å². The van der Waals surface area contributed by atoms with E-state index in [-0.39, 0.29) is 10.6 Å². The Morgan fingerprint density at radius 1 is 1.32 bits per heavy atom. The van der Waals surface area contributed by atoms with Crippen molar-refractivity contribution in [3.63, 3.8) is 0 Å². The van der Waals surface area contributed by atoms with Crippen LogP contribution in [0.25, 0.3) is 10.9 Å². The maximum Gasteiger partial charge on any atom is 0.280 e. The second-order valence-electron chi connectivity index (χ2n) is 5.17. The lowest BCUT2D eigenvalue weighted by Gasteiger charge is -2.26. The molecule has 7 heteroatoms. The molecule has 0 atom stereocenters. The van der Waals surface area contributed by atoms with E-state index in [1.54, 1.807) is 24.4 Å². The minimum absolute atomic E-state index is 0.0828. The molecule has 7 nitrogen and oxygen atoms in total. The first-order valence-electron chi connectivity index (χ1n) is 7.32. The molecule has 1 saturated heterocycles. The maximum atomic E-state index is 11.2. The van der Waals surface area contributed by atoms with Crippen LogP contribution in [-0.2, 0) is 4.74 Å². The van der Waals surface area contributed by atoms with E-state index in [9.17, 15) is 10.1 Å². The number of nitro benzene ring substituents is 1. The minimum atomic E-state index is -0.364. The van der Waals surface area contributed by atoms with Crippen LogP contribution >= 0.6 is 0 Å². The molecule has 2 heterocycles. The summed E-state index contributed by atoms with van der Waals surface area (Å²) in [5.41, 5.74) is 1.47. The topological polar surface area (TPSA) is 80.5 Å². The highest BCUT2D eigenvalue weighted by atomic mass is 16.6. The predicted octanol–water partition coefficient (Wildman–Crippen LogP) is 1.89. The highest BCUT2D eigenvalue weighted by molar-refractivity contribution is 5.98. The first-order chi connectivity index (χ1) is 10.8. The largest absolute Gasteiger partial charge is 0.383 e. The number of hydrogen-bond acceptors (Lipinski definition) is 6. The highest BCUT2D eigenvalue weighted by Crippen LogP contribution is 2.30. The van der Waals surface area contributed by atoms with Crippen molar-refractivity contribution in [2.45, 2.75) is 0 Å². The van der Waals surface area contributed by atoms with Gasteiger partial charge in [-0.15, -0.1) is 0 Å². The van der Waals surface area contributed by atoms with Gasteiger partial charge in [-0.05, 0) is 12.1 Å². The van der Waals surface area contributed by atoms with Crippen LogP contribution in [0.15, 0.2) is 30.5 Å². The number of non-ortho nitro benzene ring substituents is 1. The summed E-state index contributed by atoms with van der Waals surface area (Å²) in [6.07, 6.45) is 1.67. The fraction of sp³-hybridized carbons (Fsp3) is 0.400. The van der Waals surface area contributed by atoms with Gasteiger partial charge >= 0.3 is 0 Å². The van der Waals surface area contributed by atoms with Crippen molar-refractivity contribution in [1.82, 2.24) is 9.88 Å². The van der Waals surface area contributed by atoms with Gasteiger partial charge in [0.15, 0.2) is 0 Å². The summed E-state index contributed by atoms with van der Waals surface area (Å²) in [6.45, 7) is 5.00. The fourth-order valence-corrected chi connectivity index (χ4v) is 2.66. The minimum Gasteiger partial charge on any atom is -0.383 e. The second kappa shape index (κ2) is 6.67. The van der Waals surface area contributed by atoms with Crippen LogP contribution in [0.4, 0.5) is 11.4 Å². The summed E-state index contributed by atoms with van der Waals surface area (Å²) < 4.78 is 5.32. The van der Waals surface area contributed by atoms with Crippen molar-refractivity contribution < 1.29 is 9.66 Å². The van der Waals surface area contributed by atoms with Crippen molar-refractivity contribution in [3.8, 4) is 0 Å². The van der Waals surface area contributed by atoms with Crippen molar-refractivity contribution >= 4 is 22.3 Å². The van der Waals surface area contributed by atoms with Gasteiger partial charge in [0.05, 0.1) is 29.3 Å². The van der Waals surface area contributed by atoms with Crippen LogP contribution in [0.5, 0.6) is 0 Å². The molecule has 0 saturated carbocycles. The molecule has 1 aliphatic heterocycles. The average molecular weight is 302 g/mol. The SMILES string of the molecule is O=[N+]([O-])c1cccc2nccc(NCCN3CCOCC3)c12. The molecule has 22 heavy (non-hydrogen) atoms. The number of morpholine rings is 1. The zero-order valence-electron chi connectivity index (χ0n) is 12.2. The Kier molecular flexibility index (Phi) is 4.45. The molecule has 1 aliphatic rings. The molecule has 0 spiro atoms. The molecule has 0 amide bonds. The molecule has 0 radical (unpaired) electrons. The van der Waals surface area contributed by atoms with Crippen molar-refractivity contribution in [3.05, 3.63) is 40.6 Å². The smallest absolute Gasteiger partial charge is 0.280 e. The van der Waals surface area contributed by atoms with Gasteiger partial charge in [-0.3, -0.25) is 20.0 Å². The van der Waals surface area contributed by atoms with Crippen LogP contribution < -0.4 is 5.32 Å². The predicted molar refractivity (Wildman–Crippen MR) is 84.1 cm³/mol. The van der Waals surface area contributed by atoms with Gasteiger partial charge in [0.1, 0.15) is 5.39 Å². The molecule has 1 aromatic heterocycles. The molecule has 116 valence electrons. The van der Waals surface area contributed by atoms with Gasteiger partial charge in [-0.1, -0.05) is 6.07 Å². The van der Waals surface area contributed by atoms with Gasteiger partial charge in [0.2, 0.25) is 0 Å². The average Bonchev–Trinajstić information content (AvgIpc) is 2.55. The van der Waals surface area contributed by atoms with Gasteiger partial charge in [0.25, 0.3) is 5.69 Å². The number of fused-ring (bicyclic) bond motifs is 1. The number of aromatic nitrogens is 1. The number of nitrogens with one attached hydrogen (secondary N) is 1. The molecule has 3 rings (SSSR count). The number of nitrogens with zero attached hydrogens (tertiary/aromatic N) is 3. The molecular formula is C15H18N4O3. The number of pyridine rings is 1. The van der Waals surface area contributed by atoms with Crippen LogP contribution in [0.3, 0.4) is 0 Å². The number of nitro groups is 1. The zero-order chi connectivity index (χ0) is 15.4. The number of rotatable bonds is 5. The molecule has 1 fully saturated rings. The normalized spacial score (nSPS) is 15.8. The Bertz CT molecular complexity index is 666. The summed E-state index contributed by atoms with van der Waals surface area (Å²) in [4.78, 5) is 17.4. The summed E-state index contributed by atoms with van der Waals surface area (Å²) in [7, 11) is 0. The van der Waals surface area contributed by atoms with E-state index in [4.69, 9.17) is 4.74 Å². The molecular weight excluding hydrogens is 284 g/mol.